The van der Waals surface area contributed by atoms with E-state index in [4.69, 9.17) is 5.73 Å². The molecule has 0 fully saturated rings. The molecule has 0 saturated heterocycles. The summed E-state index contributed by atoms with van der Waals surface area (Å²) in [4.78, 5) is 1.24. The van der Waals surface area contributed by atoms with Crippen LogP contribution in [-0.4, -0.2) is 29.5 Å². The average molecular weight is 260 g/mol. The van der Waals surface area contributed by atoms with Gasteiger partial charge in [0.2, 0.25) is 0 Å². The lowest BCUT2D eigenvalue weighted by Gasteiger charge is -2.04. The smallest absolute Gasteiger partial charge is 0.148 e. The molecule has 1 heterocycles. The maximum absolute atomic E-state index is 5.41. The van der Waals surface area contributed by atoms with Gasteiger partial charge in [-0.3, -0.25) is 0 Å². The Morgan fingerprint density at radius 1 is 1.11 bits per heavy atom. The molecular weight excluding hydrogens is 244 g/mol. The molecule has 2 rings (SSSR count). The number of hydrogen-bond acceptors (Lipinski definition) is 5. The molecule has 0 aliphatic carbocycles. The molecule has 5 heteroatoms. The Balaban J connectivity index is 2.12. The summed E-state index contributed by atoms with van der Waals surface area (Å²) < 4.78 is 0. The highest BCUT2D eigenvalue weighted by Crippen LogP contribution is 2.21. The second-order valence-corrected chi connectivity index (χ2v) is 4.63. The van der Waals surface area contributed by atoms with Crippen molar-refractivity contribution in [2.24, 2.45) is 5.73 Å². The lowest BCUT2D eigenvalue weighted by atomic mass is 10.1. The molecule has 0 atom stereocenters. The zero-order chi connectivity index (χ0) is 12.8. The standard InChI is InChI=1S/C13H16N4S/c1-18-11-4-2-10(3-5-11)12-6-7-13(17-16-12)15-9-8-14/h2-7H,8-9,14H2,1H3,(H,15,17). The van der Waals surface area contributed by atoms with Crippen LogP contribution in [0, 0.1) is 0 Å². The van der Waals surface area contributed by atoms with Crippen molar-refractivity contribution in [2.75, 3.05) is 24.7 Å². The average Bonchev–Trinajstić information content (AvgIpc) is 2.46. The van der Waals surface area contributed by atoms with E-state index in [-0.39, 0.29) is 0 Å². The summed E-state index contributed by atoms with van der Waals surface area (Å²) in [6.45, 7) is 1.29. The fourth-order valence-corrected chi connectivity index (χ4v) is 1.95. The van der Waals surface area contributed by atoms with Crippen molar-refractivity contribution >= 4 is 17.6 Å². The molecule has 0 bridgehead atoms. The van der Waals surface area contributed by atoms with E-state index in [9.17, 15) is 0 Å². The predicted molar refractivity (Wildman–Crippen MR) is 76.8 cm³/mol. The van der Waals surface area contributed by atoms with E-state index in [1.807, 2.05) is 12.1 Å². The van der Waals surface area contributed by atoms with Gasteiger partial charge in [0, 0.05) is 23.5 Å². The molecule has 1 aromatic heterocycles. The number of rotatable bonds is 5. The number of aromatic nitrogens is 2. The van der Waals surface area contributed by atoms with Crippen molar-refractivity contribution in [1.82, 2.24) is 10.2 Å². The Labute approximate surface area is 111 Å². The highest BCUT2D eigenvalue weighted by Gasteiger charge is 2.01. The van der Waals surface area contributed by atoms with Crippen LogP contribution in [0.1, 0.15) is 0 Å². The molecule has 4 nitrogen and oxygen atoms in total. The highest BCUT2D eigenvalue weighted by molar-refractivity contribution is 7.98. The van der Waals surface area contributed by atoms with E-state index in [0.29, 0.717) is 13.1 Å². The molecule has 2 aromatic rings. The van der Waals surface area contributed by atoms with Gasteiger partial charge in [0.25, 0.3) is 0 Å². The number of nitrogens with zero attached hydrogens (tertiary/aromatic N) is 2. The van der Waals surface area contributed by atoms with E-state index >= 15 is 0 Å². The molecule has 0 aliphatic rings. The maximum Gasteiger partial charge on any atom is 0.148 e. The molecule has 1 aromatic carbocycles. The normalized spacial score (nSPS) is 10.3. The van der Waals surface area contributed by atoms with E-state index in [1.165, 1.54) is 4.90 Å². The molecule has 0 radical (unpaired) electrons. The van der Waals surface area contributed by atoms with Gasteiger partial charge < -0.3 is 11.1 Å². The number of benzene rings is 1. The van der Waals surface area contributed by atoms with E-state index < -0.39 is 0 Å². The fourth-order valence-electron chi connectivity index (χ4n) is 1.54. The zero-order valence-corrected chi connectivity index (χ0v) is 11.1. The van der Waals surface area contributed by atoms with Gasteiger partial charge in [-0.1, -0.05) is 12.1 Å². The Hall–Kier alpha value is -1.59. The molecule has 3 N–H and O–H groups in total. The van der Waals surface area contributed by atoms with Gasteiger partial charge in [-0.2, -0.15) is 0 Å². The summed E-state index contributed by atoms with van der Waals surface area (Å²) in [6.07, 6.45) is 2.06. The van der Waals surface area contributed by atoms with E-state index in [1.54, 1.807) is 11.8 Å². The Kier molecular flexibility index (Phi) is 4.55. The van der Waals surface area contributed by atoms with Gasteiger partial charge in [0.05, 0.1) is 5.69 Å². The van der Waals surface area contributed by atoms with Crippen molar-refractivity contribution in [2.45, 2.75) is 4.90 Å². The number of nitrogens with two attached hydrogens (primary N) is 1. The van der Waals surface area contributed by atoms with Crippen molar-refractivity contribution in [1.29, 1.82) is 0 Å². The van der Waals surface area contributed by atoms with Gasteiger partial charge in [-0.05, 0) is 30.5 Å². The predicted octanol–water partition coefficient (Wildman–Crippen LogP) is 2.24. The molecule has 0 aliphatic heterocycles. The number of nitrogens with one attached hydrogen (secondary N) is 1. The van der Waals surface area contributed by atoms with Crippen molar-refractivity contribution in [3.63, 3.8) is 0 Å². The molecule has 0 spiro atoms. The van der Waals surface area contributed by atoms with Crippen molar-refractivity contribution in [3.8, 4) is 11.3 Å². The first kappa shape index (κ1) is 12.9. The molecule has 0 saturated carbocycles. The van der Waals surface area contributed by atoms with Gasteiger partial charge in [-0.25, -0.2) is 0 Å². The van der Waals surface area contributed by atoms with Crippen LogP contribution >= 0.6 is 11.8 Å². The van der Waals surface area contributed by atoms with Crippen molar-refractivity contribution < 1.29 is 0 Å². The minimum absolute atomic E-state index is 0.583. The van der Waals surface area contributed by atoms with Gasteiger partial charge in [-0.15, -0.1) is 22.0 Å². The summed E-state index contributed by atoms with van der Waals surface area (Å²) in [6, 6.07) is 12.2. The second kappa shape index (κ2) is 6.37. The highest BCUT2D eigenvalue weighted by atomic mass is 32.2. The first-order valence-corrected chi connectivity index (χ1v) is 6.98. The third kappa shape index (κ3) is 3.21. The molecule has 94 valence electrons. The lowest BCUT2D eigenvalue weighted by Crippen LogP contribution is -2.14. The van der Waals surface area contributed by atoms with Crippen molar-refractivity contribution in [3.05, 3.63) is 36.4 Å². The minimum Gasteiger partial charge on any atom is -0.367 e. The third-order valence-electron chi connectivity index (χ3n) is 2.50. The zero-order valence-electron chi connectivity index (χ0n) is 10.3. The lowest BCUT2D eigenvalue weighted by molar-refractivity contribution is 0.974. The van der Waals surface area contributed by atoms with Crippen LogP contribution in [0.2, 0.25) is 0 Å². The summed E-state index contributed by atoms with van der Waals surface area (Å²) >= 11 is 1.73. The Morgan fingerprint density at radius 3 is 2.44 bits per heavy atom. The summed E-state index contributed by atoms with van der Waals surface area (Å²) in [5.74, 6) is 0.755. The van der Waals surface area contributed by atoms with Crippen LogP contribution in [0.5, 0.6) is 0 Å². The summed E-state index contributed by atoms with van der Waals surface area (Å²) in [7, 11) is 0. The van der Waals surface area contributed by atoms with Gasteiger partial charge in [0.15, 0.2) is 0 Å². The molecular formula is C13H16N4S. The van der Waals surface area contributed by atoms with Crippen LogP contribution in [0.4, 0.5) is 5.82 Å². The summed E-state index contributed by atoms with van der Waals surface area (Å²) in [5.41, 5.74) is 7.36. The first-order valence-electron chi connectivity index (χ1n) is 5.75. The van der Waals surface area contributed by atoms with Crippen LogP contribution in [0.15, 0.2) is 41.3 Å². The number of hydrogen-bond donors (Lipinski definition) is 2. The molecule has 18 heavy (non-hydrogen) atoms. The van der Waals surface area contributed by atoms with Gasteiger partial charge in [0.1, 0.15) is 5.82 Å². The SMILES string of the molecule is CSc1ccc(-c2ccc(NCCN)nn2)cc1. The Bertz CT molecular complexity index is 481. The van der Waals surface area contributed by atoms with Crippen LogP contribution in [0.25, 0.3) is 11.3 Å². The third-order valence-corrected chi connectivity index (χ3v) is 3.24. The second-order valence-electron chi connectivity index (χ2n) is 3.75. The number of thioether (sulfide) groups is 1. The number of anilines is 1. The minimum atomic E-state index is 0.583. The molecule has 0 amide bonds. The fraction of sp³-hybridized carbons (Fsp3) is 0.231. The maximum atomic E-state index is 5.41. The van der Waals surface area contributed by atoms with E-state index in [0.717, 1.165) is 17.1 Å². The first-order chi connectivity index (χ1) is 8.83. The largest absolute Gasteiger partial charge is 0.367 e. The monoisotopic (exact) mass is 260 g/mol. The quantitative estimate of drug-likeness (QED) is 0.807. The van der Waals surface area contributed by atoms with Crippen LogP contribution < -0.4 is 11.1 Å². The van der Waals surface area contributed by atoms with Gasteiger partial charge >= 0.3 is 0 Å². The van der Waals surface area contributed by atoms with Crippen LogP contribution in [-0.2, 0) is 0 Å². The van der Waals surface area contributed by atoms with Crippen LogP contribution in [0.3, 0.4) is 0 Å². The summed E-state index contributed by atoms with van der Waals surface area (Å²) in [5, 5.41) is 11.4. The topological polar surface area (TPSA) is 63.8 Å². The molecule has 0 unspecified atom stereocenters. The Morgan fingerprint density at radius 2 is 1.89 bits per heavy atom. The van der Waals surface area contributed by atoms with E-state index in [2.05, 4.69) is 46.0 Å².